The standard InChI is InChI=1S/C14H10FNO4/c15-12-8-11(6-7-13(12)16(18)19)14(17)20-9-10-4-2-1-3-5-10/h1-8H,9H2. The predicted octanol–water partition coefficient (Wildman–Crippen LogP) is 3.09. The summed E-state index contributed by atoms with van der Waals surface area (Å²) in [4.78, 5) is 21.3. The number of ether oxygens (including phenoxy) is 1. The maximum absolute atomic E-state index is 13.4. The van der Waals surface area contributed by atoms with Crippen LogP contribution in [0.3, 0.4) is 0 Å². The van der Waals surface area contributed by atoms with Crippen molar-refractivity contribution in [2.75, 3.05) is 0 Å². The molecule has 0 heterocycles. The number of nitro benzene ring substituents is 1. The highest BCUT2D eigenvalue weighted by Gasteiger charge is 2.17. The van der Waals surface area contributed by atoms with Gasteiger partial charge in [-0.3, -0.25) is 10.1 Å². The molecule has 0 aromatic heterocycles. The van der Waals surface area contributed by atoms with Crippen molar-refractivity contribution in [3.63, 3.8) is 0 Å². The number of hydrogen-bond donors (Lipinski definition) is 0. The van der Waals surface area contributed by atoms with Crippen molar-refractivity contribution >= 4 is 11.7 Å². The second-order valence-corrected chi connectivity index (χ2v) is 3.99. The van der Waals surface area contributed by atoms with Gasteiger partial charge in [0.05, 0.1) is 10.5 Å². The van der Waals surface area contributed by atoms with Crippen LogP contribution in [0.25, 0.3) is 0 Å². The minimum absolute atomic E-state index is 0.0538. The first-order valence-electron chi connectivity index (χ1n) is 5.73. The van der Waals surface area contributed by atoms with Gasteiger partial charge in [-0.15, -0.1) is 0 Å². The zero-order valence-corrected chi connectivity index (χ0v) is 10.3. The molecule has 5 nitrogen and oxygen atoms in total. The van der Waals surface area contributed by atoms with Crippen LogP contribution in [0, 0.1) is 15.9 Å². The van der Waals surface area contributed by atoms with Crippen LogP contribution >= 0.6 is 0 Å². The van der Waals surface area contributed by atoms with E-state index < -0.39 is 22.4 Å². The van der Waals surface area contributed by atoms with Gasteiger partial charge in [-0.05, 0) is 17.7 Å². The lowest BCUT2D eigenvalue weighted by molar-refractivity contribution is -0.387. The van der Waals surface area contributed by atoms with Crippen LogP contribution in [-0.2, 0) is 11.3 Å². The molecule has 0 fully saturated rings. The Hall–Kier alpha value is -2.76. The van der Waals surface area contributed by atoms with Gasteiger partial charge < -0.3 is 4.74 Å². The Morgan fingerprint density at radius 2 is 1.90 bits per heavy atom. The summed E-state index contributed by atoms with van der Waals surface area (Å²) in [6, 6.07) is 11.9. The summed E-state index contributed by atoms with van der Waals surface area (Å²) in [6.07, 6.45) is 0. The van der Waals surface area contributed by atoms with Crippen molar-refractivity contribution in [2.45, 2.75) is 6.61 Å². The molecule has 0 unspecified atom stereocenters. The molecule has 0 aliphatic rings. The molecule has 0 saturated heterocycles. The van der Waals surface area contributed by atoms with Crippen LogP contribution in [0.15, 0.2) is 48.5 Å². The van der Waals surface area contributed by atoms with E-state index in [0.29, 0.717) is 0 Å². The molecule has 0 spiro atoms. The van der Waals surface area contributed by atoms with E-state index in [-0.39, 0.29) is 12.2 Å². The highest BCUT2D eigenvalue weighted by molar-refractivity contribution is 5.89. The van der Waals surface area contributed by atoms with Crippen molar-refractivity contribution in [2.24, 2.45) is 0 Å². The molecule has 2 aromatic rings. The molecule has 0 bridgehead atoms. The molecular weight excluding hydrogens is 265 g/mol. The Labute approximate surface area is 113 Å². The molecule has 0 atom stereocenters. The fraction of sp³-hybridized carbons (Fsp3) is 0.0714. The average Bonchev–Trinajstić information content (AvgIpc) is 2.45. The Morgan fingerprint density at radius 1 is 1.20 bits per heavy atom. The van der Waals surface area contributed by atoms with Crippen LogP contribution in [0.4, 0.5) is 10.1 Å². The number of carbonyl (C=O) groups is 1. The van der Waals surface area contributed by atoms with Gasteiger partial charge >= 0.3 is 11.7 Å². The number of nitrogens with zero attached hydrogens (tertiary/aromatic N) is 1. The van der Waals surface area contributed by atoms with Crippen molar-refractivity contribution in [3.05, 3.63) is 75.6 Å². The van der Waals surface area contributed by atoms with Crippen molar-refractivity contribution in [1.82, 2.24) is 0 Å². The minimum atomic E-state index is -1.07. The Kier molecular flexibility index (Phi) is 4.05. The number of nitro groups is 1. The number of halogens is 1. The van der Waals surface area contributed by atoms with Crippen molar-refractivity contribution in [1.29, 1.82) is 0 Å². The summed E-state index contributed by atoms with van der Waals surface area (Å²) >= 11 is 0. The fourth-order valence-electron chi connectivity index (χ4n) is 1.59. The molecule has 2 rings (SSSR count). The van der Waals surface area contributed by atoms with E-state index in [1.54, 1.807) is 24.3 Å². The summed E-state index contributed by atoms with van der Waals surface area (Å²) in [6.45, 7) is 0.0538. The first-order chi connectivity index (χ1) is 9.58. The summed E-state index contributed by atoms with van der Waals surface area (Å²) < 4.78 is 18.4. The minimum Gasteiger partial charge on any atom is -0.457 e. The van der Waals surface area contributed by atoms with E-state index in [1.165, 1.54) is 0 Å². The van der Waals surface area contributed by atoms with Gasteiger partial charge in [0.1, 0.15) is 6.61 Å². The summed E-state index contributed by atoms with van der Waals surface area (Å²) in [5, 5.41) is 10.5. The molecule has 6 heteroatoms. The summed E-state index contributed by atoms with van der Waals surface area (Å²) in [5.41, 5.74) is 0.0527. The molecule has 2 aromatic carbocycles. The van der Waals surface area contributed by atoms with Gasteiger partial charge in [0.2, 0.25) is 5.82 Å². The van der Waals surface area contributed by atoms with Crippen LogP contribution < -0.4 is 0 Å². The molecule has 0 amide bonds. The van der Waals surface area contributed by atoms with Gasteiger partial charge in [0.15, 0.2) is 0 Å². The third-order valence-corrected chi connectivity index (χ3v) is 2.59. The first-order valence-corrected chi connectivity index (χ1v) is 5.73. The molecular formula is C14H10FNO4. The van der Waals surface area contributed by atoms with E-state index in [2.05, 4.69) is 0 Å². The molecule has 0 saturated carbocycles. The monoisotopic (exact) mass is 275 g/mol. The number of esters is 1. The predicted molar refractivity (Wildman–Crippen MR) is 68.6 cm³/mol. The van der Waals surface area contributed by atoms with E-state index in [1.807, 2.05) is 6.07 Å². The molecule has 20 heavy (non-hydrogen) atoms. The SMILES string of the molecule is O=C(OCc1ccccc1)c1ccc([N+](=O)[O-])c(F)c1. The smallest absolute Gasteiger partial charge is 0.338 e. The number of carbonyl (C=O) groups excluding carboxylic acids is 1. The molecule has 0 aliphatic heterocycles. The number of rotatable bonds is 4. The van der Waals surface area contributed by atoms with Crippen LogP contribution in [0.1, 0.15) is 15.9 Å². The van der Waals surface area contributed by atoms with E-state index in [4.69, 9.17) is 4.74 Å². The van der Waals surface area contributed by atoms with Crippen LogP contribution in [0.5, 0.6) is 0 Å². The van der Waals surface area contributed by atoms with Gasteiger partial charge in [0, 0.05) is 6.07 Å². The second kappa shape index (κ2) is 5.92. The van der Waals surface area contributed by atoms with E-state index in [9.17, 15) is 19.3 Å². The fourth-order valence-corrected chi connectivity index (χ4v) is 1.59. The van der Waals surface area contributed by atoms with Crippen LogP contribution in [-0.4, -0.2) is 10.9 Å². The largest absolute Gasteiger partial charge is 0.457 e. The third kappa shape index (κ3) is 3.17. The lowest BCUT2D eigenvalue weighted by Crippen LogP contribution is -2.06. The normalized spacial score (nSPS) is 10.1. The first kappa shape index (κ1) is 13.7. The molecule has 0 radical (unpaired) electrons. The highest BCUT2D eigenvalue weighted by Crippen LogP contribution is 2.18. The lowest BCUT2D eigenvalue weighted by atomic mass is 10.2. The van der Waals surface area contributed by atoms with E-state index >= 15 is 0 Å². The Morgan fingerprint density at radius 3 is 2.50 bits per heavy atom. The zero-order valence-electron chi connectivity index (χ0n) is 10.3. The Balaban J connectivity index is 2.06. The summed E-state index contributed by atoms with van der Waals surface area (Å²) in [5.74, 6) is -1.80. The molecule has 0 N–H and O–H groups in total. The molecule has 0 aliphatic carbocycles. The second-order valence-electron chi connectivity index (χ2n) is 3.99. The molecule has 102 valence electrons. The maximum atomic E-state index is 13.4. The zero-order chi connectivity index (χ0) is 14.5. The van der Waals surface area contributed by atoms with Crippen LogP contribution in [0.2, 0.25) is 0 Å². The lowest BCUT2D eigenvalue weighted by Gasteiger charge is -2.05. The van der Waals surface area contributed by atoms with Gasteiger partial charge in [-0.25, -0.2) is 4.79 Å². The van der Waals surface area contributed by atoms with E-state index in [0.717, 1.165) is 23.8 Å². The quantitative estimate of drug-likeness (QED) is 0.488. The van der Waals surface area contributed by atoms with Gasteiger partial charge in [-0.1, -0.05) is 30.3 Å². The maximum Gasteiger partial charge on any atom is 0.338 e. The average molecular weight is 275 g/mol. The number of benzene rings is 2. The van der Waals surface area contributed by atoms with Crippen molar-refractivity contribution in [3.8, 4) is 0 Å². The highest BCUT2D eigenvalue weighted by atomic mass is 19.1. The summed E-state index contributed by atoms with van der Waals surface area (Å²) in [7, 11) is 0. The third-order valence-electron chi connectivity index (χ3n) is 2.59. The Bertz CT molecular complexity index is 643. The number of hydrogen-bond acceptors (Lipinski definition) is 4. The topological polar surface area (TPSA) is 69.4 Å². The van der Waals surface area contributed by atoms with Gasteiger partial charge in [0.25, 0.3) is 0 Å². The van der Waals surface area contributed by atoms with Crippen molar-refractivity contribution < 1.29 is 18.8 Å². The van der Waals surface area contributed by atoms with Gasteiger partial charge in [-0.2, -0.15) is 4.39 Å².